The zero-order valence-corrected chi connectivity index (χ0v) is 17.6. The Morgan fingerprint density at radius 3 is 2.54 bits per heavy atom. The number of likely N-dealkylation sites (tertiary alicyclic amines) is 1. The normalized spacial score (nSPS) is 21.4. The maximum Gasteiger partial charge on any atom is 0.123 e. The van der Waals surface area contributed by atoms with E-state index in [0.717, 1.165) is 57.5 Å². The van der Waals surface area contributed by atoms with Gasteiger partial charge in [-0.25, -0.2) is 0 Å². The van der Waals surface area contributed by atoms with Gasteiger partial charge in [0.2, 0.25) is 0 Å². The Balaban J connectivity index is 1.45. The van der Waals surface area contributed by atoms with E-state index in [0.29, 0.717) is 0 Å². The molecule has 4 rings (SSSR count). The van der Waals surface area contributed by atoms with E-state index in [-0.39, 0.29) is 0 Å². The quantitative estimate of drug-likeness (QED) is 0.716. The molecule has 1 aromatic carbocycles. The van der Waals surface area contributed by atoms with Gasteiger partial charge in [-0.3, -0.25) is 0 Å². The lowest BCUT2D eigenvalue weighted by atomic mass is 10.1. The molecule has 2 aliphatic heterocycles. The van der Waals surface area contributed by atoms with Crippen molar-refractivity contribution in [3.8, 4) is 5.75 Å². The zero-order chi connectivity index (χ0) is 19.2. The van der Waals surface area contributed by atoms with Gasteiger partial charge in [-0.15, -0.1) is 0 Å². The van der Waals surface area contributed by atoms with Gasteiger partial charge >= 0.3 is 0 Å². The minimum atomic E-state index is 0.746. The maximum absolute atomic E-state index is 6.30. The summed E-state index contributed by atoms with van der Waals surface area (Å²) >= 11 is 0. The molecule has 5 nitrogen and oxygen atoms in total. The lowest BCUT2D eigenvalue weighted by Crippen LogP contribution is -2.43. The standard InChI is InChI=1S/C23H38N4O/c1-19-22(25-10-13-26-11-4-5-12-26)16-21(28-18-20-6-2-3-7-20)17-23(19)27-14-8-24-9-15-27/h16-17,20,24-25H,2-15,18H2,1H3. The summed E-state index contributed by atoms with van der Waals surface area (Å²) in [6.07, 6.45) is 8.12. The number of hydrogen-bond acceptors (Lipinski definition) is 5. The molecule has 3 fully saturated rings. The van der Waals surface area contributed by atoms with Crippen LogP contribution in [-0.4, -0.2) is 63.9 Å². The van der Waals surface area contributed by atoms with Gasteiger partial charge in [0.1, 0.15) is 5.75 Å². The van der Waals surface area contributed by atoms with Crippen molar-refractivity contribution in [1.29, 1.82) is 0 Å². The lowest BCUT2D eigenvalue weighted by molar-refractivity contribution is 0.252. The topological polar surface area (TPSA) is 39.8 Å². The van der Waals surface area contributed by atoms with E-state index >= 15 is 0 Å². The van der Waals surface area contributed by atoms with Gasteiger partial charge in [0.15, 0.2) is 0 Å². The monoisotopic (exact) mass is 386 g/mol. The number of rotatable bonds is 8. The van der Waals surface area contributed by atoms with E-state index in [9.17, 15) is 0 Å². The first-order chi connectivity index (χ1) is 13.8. The summed E-state index contributed by atoms with van der Waals surface area (Å²) in [4.78, 5) is 5.08. The summed E-state index contributed by atoms with van der Waals surface area (Å²) in [5.74, 6) is 1.78. The first-order valence-electron chi connectivity index (χ1n) is 11.5. The molecule has 156 valence electrons. The van der Waals surface area contributed by atoms with E-state index in [1.807, 2.05) is 0 Å². The van der Waals surface area contributed by atoms with Gasteiger partial charge in [-0.2, -0.15) is 0 Å². The van der Waals surface area contributed by atoms with Gasteiger partial charge in [0.25, 0.3) is 0 Å². The smallest absolute Gasteiger partial charge is 0.123 e. The molecular weight excluding hydrogens is 348 g/mol. The highest BCUT2D eigenvalue weighted by molar-refractivity contribution is 5.69. The van der Waals surface area contributed by atoms with Crippen molar-refractivity contribution in [2.24, 2.45) is 5.92 Å². The van der Waals surface area contributed by atoms with Gasteiger partial charge in [-0.05, 0) is 57.2 Å². The van der Waals surface area contributed by atoms with Crippen LogP contribution in [0.5, 0.6) is 5.75 Å². The number of hydrogen-bond donors (Lipinski definition) is 2. The van der Waals surface area contributed by atoms with Crippen LogP contribution in [0.2, 0.25) is 0 Å². The largest absolute Gasteiger partial charge is 0.493 e. The van der Waals surface area contributed by atoms with E-state index in [1.165, 1.54) is 68.6 Å². The Labute approximate surface area is 170 Å². The molecule has 5 heteroatoms. The average molecular weight is 387 g/mol. The second kappa shape index (κ2) is 9.84. The number of nitrogens with one attached hydrogen (secondary N) is 2. The van der Waals surface area contributed by atoms with Crippen LogP contribution >= 0.6 is 0 Å². The molecule has 2 heterocycles. The van der Waals surface area contributed by atoms with E-state index in [1.54, 1.807) is 0 Å². The van der Waals surface area contributed by atoms with E-state index in [4.69, 9.17) is 4.74 Å². The van der Waals surface area contributed by atoms with E-state index < -0.39 is 0 Å². The Hall–Kier alpha value is -1.46. The minimum absolute atomic E-state index is 0.746. The molecule has 28 heavy (non-hydrogen) atoms. The summed E-state index contributed by atoms with van der Waals surface area (Å²) < 4.78 is 6.30. The number of ether oxygens (including phenoxy) is 1. The summed E-state index contributed by atoms with van der Waals surface area (Å²) in [6, 6.07) is 4.52. The Morgan fingerprint density at radius 1 is 1.04 bits per heavy atom. The van der Waals surface area contributed by atoms with Gasteiger partial charge in [0.05, 0.1) is 6.61 Å². The van der Waals surface area contributed by atoms with Crippen LogP contribution in [0.4, 0.5) is 11.4 Å². The third kappa shape index (κ3) is 5.12. The zero-order valence-electron chi connectivity index (χ0n) is 17.6. The molecule has 0 unspecified atom stereocenters. The molecule has 0 radical (unpaired) electrons. The van der Waals surface area contributed by atoms with Gasteiger partial charge in [-0.1, -0.05) is 12.8 Å². The van der Waals surface area contributed by atoms with Crippen molar-refractivity contribution in [3.63, 3.8) is 0 Å². The second-order valence-corrected chi connectivity index (χ2v) is 8.79. The van der Waals surface area contributed by atoms with Crippen LogP contribution in [0, 0.1) is 12.8 Å². The summed E-state index contributed by atoms with van der Waals surface area (Å²) in [5, 5.41) is 7.19. The van der Waals surface area contributed by atoms with Crippen molar-refractivity contribution >= 4 is 11.4 Å². The molecule has 0 bridgehead atoms. The molecule has 3 aliphatic rings. The molecular formula is C23H38N4O. The minimum Gasteiger partial charge on any atom is -0.493 e. The lowest BCUT2D eigenvalue weighted by Gasteiger charge is -2.32. The third-order valence-electron chi connectivity index (χ3n) is 6.71. The fourth-order valence-electron chi connectivity index (χ4n) is 4.92. The van der Waals surface area contributed by atoms with Crippen LogP contribution in [0.15, 0.2) is 12.1 Å². The average Bonchev–Trinajstić information content (AvgIpc) is 3.43. The molecule has 0 aromatic heterocycles. The molecule has 0 atom stereocenters. The van der Waals surface area contributed by atoms with Crippen LogP contribution < -0.4 is 20.3 Å². The number of benzene rings is 1. The molecule has 1 aliphatic carbocycles. The van der Waals surface area contributed by atoms with Crippen molar-refractivity contribution < 1.29 is 4.74 Å². The Kier molecular flexibility index (Phi) is 6.97. The van der Waals surface area contributed by atoms with E-state index in [2.05, 4.69) is 39.5 Å². The Bertz CT molecular complexity index is 617. The predicted octanol–water partition coefficient (Wildman–Crippen LogP) is 3.48. The number of nitrogens with zero attached hydrogens (tertiary/aromatic N) is 2. The summed E-state index contributed by atoms with van der Waals surface area (Å²) in [5.41, 5.74) is 3.95. The number of anilines is 2. The fraction of sp³-hybridized carbons (Fsp3) is 0.739. The molecule has 1 aromatic rings. The molecule has 2 N–H and O–H groups in total. The summed E-state index contributed by atoms with van der Waals surface area (Å²) in [7, 11) is 0. The fourth-order valence-corrected chi connectivity index (χ4v) is 4.92. The van der Waals surface area contributed by atoms with Gasteiger partial charge in [0, 0.05) is 62.8 Å². The highest BCUT2D eigenvalue weighted by Gasteiger charge is 2.19. The SMILES string of the molecule is Cc1c(NCCN2CCCC2)cc(OCC2CCCC2)cc1N1CCNCC1. The molecule has 0 spiro atoms. The van der Waals surface area contributed by atoms with Crippen LogP contribution in [-0.2, 0) is 0 Å². The molecule has 0 amide bonds. The second-order valence-electron chi connectivity index (χ2n) is 8.79. The van der Waals surface area contributed by atoms with Crippen molar-refractivity contribution in [1.82, 2.24) is 10.2 Å². The van der Waals surface area contributed by atoms with Crippen molar-refractivity contribution in [2.75, 3.05) is 69.2 Å². The van der Waals surface area contributed by atoms with Crippen LogP contribution in [0.25, 0.3) is 0 Å². The summed E-state index contributed by atoms with van der Waals surface area (Å²) in [6.45, 7) is 12.1. The highest BCUT2D eigenvalue weighted by Crippen LogP contribution is 2.34. The molecule has 1 saturated carbocycles. The Morgan fingerprint density at radius 2 is 1.79 bits per heavy atom. The predicted molar refractivity (Wildman–Crippen MR) is 118 cm³/mol. The maximum atomic E-state index is 6.30. The third-order valence-corrected chi connectivity index (χ3v) is 6.71. The number of piperazine rings is 1. The van der Waals surface area contributed by atoms with Crippen molar-refractivity contribution in [2.45, 2.75) is 45.4 Å². The first-order valence-corrected chi connectivity index (χ1v) is 11.5. The highest BCUT2D eigenvalue weighted by atomic mass is 16.5. The first kappa shape index (κ1) is 19.8. The van der Waals surface area contributed by atoms with Crippen LogP contribution in [0.3, 0.4) is 0 Å². The van der Waals surface area contributed by atoms with Crippen LogP contribution in [0.1, 0.15) is 44.1 Å². The van der Waals surface area contributed by atoms with Crippen molar-refractivity contribution in [3.05, 3.63) is 17.7 Å². The van der Waals surface area contributed by atoms with Gasteiger partial charge < -0.3 is 25.2 Å². The molecule has 2 saturated heterocycles.